The first-order chi connectivity index (χ1) is 13.8. The summed E-state index contributed by atoms with van der Waals surface area (Å²) in [6.07, 6.45) is 4.44. The zero-order chi connectivity index (χ0) is 19.3. The number of nitriles is 1. The van der Waals surface area contributed by atoms with E-state index in [-0.39, 0.29) is 21.1 Å². The minimum atomic E-state index is 0. The van der Waals surface area contributed by atoms with Gasteiger partial charge in [-0.3, -0.25) is 9.36 Å². The fourth-order valence-electron chi connectivity index (χ4n) is 2.90. The molecule has 2 aromatic carbocycles. The van der Waals surface area contributed by atoms with Gasteiger partial charge in [0, 0.05) is 12.4 Å². The zero-order valence-electron chi connectivity index (χ0n) is 15.2. The van der Waals surface area contributed by atoms with E-state index in [1.165, 1.54) is 0 Å². The van der Waals surface area contributed by atoms with Gasteiger partial charge in [0.05, 0.1) is 23.5 Å². The molecule has 0 aliphatic heterocycles. The molecule has 0 aliphatic carbocycles. The number of hydrogen-bond acceptors (Lipinski definition) is 3. The Balaban J connectivity index is 0.00000240. The largest absolute Gasteiger partial charge is 2.00 e. The molecule has 0 radical (unpaired) electrons. The molecule has 142 valence electrons. The van der Waals surface area contributed by atoms with Crippen molar-refractivity contribution >= 4 is 5.69 Å². The van der Waals surface area contributed by atoms with Gasteiger partial charge in [0.2, 0.25) is 5.69 Å². The molecule has 0 saturated heterocycles. The number of nitrogens with zero attached hydrogens (tertiary/aromatic N) is 6. The van der Waals surface area contributed by atoms with Gasteiger partial charge < -0.3 is 0 Å². The van der Waals surface area contributed by atoms with Crippen LogP contribution in [0.3, 0.4) is 0 Å². The predicted octanol–water partition coefficient (Wildman–Crippen LogP) is 3.86. The topological polar surface area (TPSA) is 63.8 Å². The van der Waals surface area contributed by atoms with Crippen molar-refractivity contribution in [1.82, 2.24) is 19.6 Å². The summed E-state index contributed by atoms with van der Waals surface area (Å²) in [6, 6.07) is 23.3. The molecule has 0 bridgehead atoms. The van der Waals surface area contributed by atoms with Crippen molar-refractivity contribution in [3.63, 3.8) is 0 Å². The molecule has 0 amide bonds. The predicted molar refractivity (Wildman–Crippen MR) is 103 cm³/mol. The minimum Gasteiger partial charge on any atom is -0.277 e. The van der Waals surface area contributed by atoms with Crippen molar-refractivity contribution in [3.8, 4) is 17.4 Å². The first-order valence-corrected chi connectivity index (χ1v) is 8.67. The van der Waals surface area contributed by atoms with Gasteiger partial charge in [0.15, 0.2) is 0 Å². The van der Waals surface area contributed by atoms with Crippen molar-refractivity contribution in [2.24, 2.45) is 0 Å². The third-order valence-electron chi connectivity index (χ3n) is 4.28. The summed E-state index contributed by atoms with van der Waals surface area (Å²) in [5.41, 5.74) is 3.91. The smallest absolute Gasteiger partial charge is 0.277 e. The fourth-order valence-corrected chi connectivity index (χ4v) is 2.90. The van der Waals surface area contributed by atoms with Crippen LogP contribution in [0, 0.1) is 30.0 Å². The van der Waals surface area contributed by atoms with Crippen molar-refractivity contribution in [2.45, 2.75) is 12.8 Å². The summed E-state index contributed by atoms with van der Waals surface area (Å²) < 4.78 is 3.31. The molecule has 6 nitrogen and oxygen atoms in total. The number of aromatic nitrogens is 4. The second kappa shape index (κ2) is 9.15. The molecule has 0 N–H and O–H groups in total. The van der Waals surface area contributed by atoms with Gasteiger partial charge >= 0.3 is 21.1 Å². The van der Waals surface area contributed by atoms with E-state index < -0.39 is 0 Å². The first-order valence-electron chi connectivity index (χ1n) is 8.67. The summed E-state index contributed by atoms with van der Waals surface area (Å²) in [4.78, 5) is 3.58. The van der Waals surface area contributed by atoms with E-state index in [0.29, 0.717) is 35.5 Å². The molecule has 0 saturated carbocycles. The van der Waals surface area contributed by atoms with Crippen LogP contribution in [0.4, 0.5) is 5.69 Å². The maximum atomic E-state index is 9.44. The summed E-state index contributed by atoms with van der Waals surface area (Å²) in [6.45, 7) is 7.42. The van der Waals surface area contributed by atoms with Gasteiger partial charge in [0.1, 0.15) is 6.07 Å². The van der Waals surface area contributed by atoms with E-state index in [9.17, 15) is 5.26 Å². The first kappa shape index (κ1) is 20.3. The van der Waals surface area contributed by atoms with Crippen LogP contribution in [0.1, 0.15) is 17.0 Å². The Morgan fingerprint density at radius 3 is 2.07 bits per heavy atom. The molecule has 2 aromatic heterocycles. The average Bonchev–Trinajstić information content (AvgIpc) is 3.37. The van der Waals surface area contributed by atoms with Crippen LogP contribution >= 0.6 is 0 Å². The maximum absolute atomic E-state index is 9.44. The average molecular weight is 557 g/mol. The number of para-hydroxylation sites is 2. The van der Waals surface area contributed by atoms with E-state index in [0.717, 1.165) is 11.4 Å². The monoisotopic (exact) mass is 557 g/mol. The summed E-state index contributed by atoms with van der Waals surface area (Å²) in [7, 11) is 0. The van der Waals surface area contributed by atoms with E-state index >= 15 is 0 Å². The van der Waals surface area contributed by atoms with Crippen LogP contribution in [0.25, 0.3) is 16.2 Å². The van der Waals surface area contributed by atoms with Crippen LogP contribution in [-0.4, -0.2) is 19.6 Å². The molecule has 7 heteroatoms. The Labute approximate surface area is 183 Å². The molecule has 0 fully saturated rings. The Morgan fingerprint density at radius 2 is 1.52 bits per heavy atom. The minimum absolute atomic E-state index is 0. The Morgan fingerprint density at radius 1 is 0.931 bits per heavy atom. The van der Waals surface area contributed by atoms with Crippen molar-refractivity contribution in [3.05, 3.63) is 101 Å². The zero-order valence-corrected chi connectivity index (χ0v) is 17.5. The fraction of sp³-hybridized carbons (Fsp3) is 0.0909. The molecule has 0 atom stereocenters. The number of hydrogen-bond donors (Lipinski definition) is 0. The molecule has 2 heterocycles. The van der Waals surface area contributed by atoms with Gasteiger partial charge in [-0.25, -0.2) is 4.85 Å². The van der Waals surface area contributed by atoms with Gasteiger partial charge in [0.25, 0.3) is 0 Å². The van der Waals surface area contributed by atoms with E-state index in [2.05, 4.69) is 33.2 Å². The molecule has 0 unspecified atom stereocenters. The Kier molecular flexibility index (Phi) is 6.39. The van der Waals surface area contributed by atoms with Crippen LogP contribution in [0.2, 0.25) is 0 Å². The van der Waals surface area contributed by atoms with E-state index in [1.54, 1.807) is 33.9 Å². The third kappa shape index (κ3) is 4.34. The van der Waals surface area contributed by atoms with Gasteiger partial charge in [-0.15, -0.1) is 12.1 Å². The van der Waals surface area contributed by atoms with Crippen LogP contribution < -0.4 is 0 Å². The summed E-state index contributed by atoms with van der Waals surface area (Å²) in [5.74, 6) is 0. The number of benzene rings is 2. The normalized spacial score (nSPS) is 10.0. The quantitative estimate of drug-likeness (QED) is 0.350. The van der Waals surface area contributed by atoms with Crippen molar-refractivity contribution in [2.75, 3.05) is 0 Å². The molecule has 4 rings (SSSR count). The molecule has 0 spiro atoms. The molecular formula is C22H14N6Pt. The van der Waals surface area contributed by atoms with Crippen molar-refractivity contribution < 1.29 is 21.1 Å². The van der Waals surface area contributed by atoms with Crippen LogP contribution in [-0.2, 0) is 33.9 Å². The standard InChI is InChI=1S/C22H14N6.Pt/c1-24-22-16-28(19-10-6-3-7-11-19)26-21(22)13-12-20-17(14-23)15-27(25-20)18-8-4-2-5-9-18;/h2-8,10,15-16H,12-13H2;/q-2;+2. The molecule has 4 aromatic rings. The molecule has 0 aliphatic rings. The summed E-state index contributed by atoms with van der Waals surface area (Å²) in [5, 5.41) is 18.5. The number of aryl methyl sites for hydroxylation is 2. The molecular weight excluding hydrogens is 543 g/mol. The van der Waals surface area contributed by atoms with Gasteiger partial charge in [-0.05, 0) is 24.2 Å². The van der Waals surface area contributed by atoms with Gasteiger partial charge in [-0.2, -0.15) is 64.0 Å². The van der Waals surface area contributed by atoms with E-state index in [4.69, 9.17) is 6.57 Å². The second-order valence-corrected chi connectivity index (χ2v) is 6.06. The Hall–Kier alpha value is -3.47. The SMILES string of the molecule is [C-]#[N+]c1cn(-c2[c-]cccc2)nc1CCc1nn(-c2[c-]cccc2)cc1C#N.[Pt+2]. The van der Waals surface area contributed by atoms with Gasteiger partial charge in [-0.1, -0.05) is 0 Å². The Bertz CT molecular complexity index is 1080. The molecule has 29 heavy (non-hydrogen) atoms. The second-order valence-electron chi connectivity index (χ2n) is 6.06. The summed E-state index contributed by atoms with van der Waals surface area (Å²) >= 11 is 0. The third-order valence-corrected chi connectivity index (χ3v) is 4.28. The number of rotatable bonds is 5. The van der Waals surface area contributed by atoms with Crippen LogP contribution in [0.5, 0.6) is 0 Å². The van der Waals surface area contributed by atoms with Crippen LogP contribution in [0.15, 0.2) is 60.9 Å². The maximum Gasteiger partial charge on any atom is 2.00 e. The van der Waals surface area contributed by atoms with E-state index in [1.807, 2.05) is 36.4 Å². The van der Waals surface area contributed by atoms with Crippen molar-refractivity contribution in [1.29, 1.82) is 5.26 Å².